The van der Waals surface area contributed by atoms with Crippen molar-refractivity contribution in [3.63, 3.8) is 0 Å². The Morgan fingerprint density at radius 2 is 2.18 bits per heavy atom. The largest absolute Gasteiger partial charge is 0.497 e. The molecule has 0 amide bonds. The maximum absolute atomic E-state index is 5.23. The van der Waals surface area contributed by atoms with Crippen molar-refractivity contribution < 1.29 is 4.74 Å². The minimum absolute atomic E-state index is 0.306. The summed E-state index contributed by atoms with van der Waals surface area (Å²) in [7, 11) is 1.68. The maximum Gasteiger partial charge on any atom is 0.123 e. The number of benzene rings is 1. The molecular weight excluding hydrogens is 280 g/mol. The van der Waals surface area contributed by atoms with Crippen LogP contribution >= 0.6 is 15.9 Å². The number of fused-ring (bicyclic) bond motifs is 1. The van der Waals surface area contributed by atoms with Gasteiger partial charge < -0.3 is 9.30 Å². The number of aryl methyl sites for hydroxylation is 1. The smallest absolute Gasteiger partial charge is 0.123 e. The Morgan fingerprint density at radius 3 is 2.76 bits per heavy atom. The second kappa shape index (κ2) is 5.08. The minimum atomic E-state index is 0.306. The molecule has 0 radical (unpaired) electrons. The van der Waals surface area contributed by atoms with Crippen LogP contribution in [-0.2, 0) is 6.54 Å². The van der Waals surface area contributed by atoms with E-state index in [9.17, 15) is 0 Å². The first-order chi connectivity index (χ1) is 8.21. The third-order valence-electron chi connectivity index (χ3n) is 2.94. The average molecular weight is 297 g/mol. The van der Waals surface area contributed by atoms with E-state index in [0.29, 0.717) is 4.83 Å². The second-order valence-corrected chi connectivity index (χ2v) is 5.05. The van der Waals surface area contributed by atoms with Crippen LogP contribution in [0.25, 0.3) is 11.0 Å². The highest BCUT2D eigenvalue weighted by molar-refractivity contribution is 9.09. The summed E-state index contributed by atoms with van der Waals surface area (Å²) in [6, 6.07) is 6.04. The van der Waals surface area contributed by atoms with Crippen molar-refractivity contribution in [1.82, 2.24) is 9.55 Å². The van der Waals surface area contributed by atoms with Gasteiger partial charge in [0.05, 0.1) is 23.0 Å². The lowest BCUT2D eigenvalue weighted by atomic mass is 10.3. The van der Waals surface area contributed by atoms with Crippen LogP contribution in [0.2, 0.25) is 0 Å². The molecule has 0 bridgehead atoms. The third kappa shape index (κ3) is 2.18. The number of halogens is 1. The van der Waals surface area contributed by atoms with Gasteiger partial charge in [-0.25, -0.2) is 4.98 Å². The number of nitrogens with zero attached hydrogens (tertiary/aromatic N) is 2. The van der Waals surface area contributed by atoms with Gasteiger partial charge >= 0.3 is 0 Å². The zero-order valence-electron chi connectivity index (χ0n) is 10.4. The Hall–Kier alpha value is -1.03. The molecule has 1 atom stereocenters. The highest BCUT2D eigenvalue weighted by atomic mass is 79.9. The summed E-state index contributed by atoms with van der Waals surface area (Å²) < 4.78 is 7.48. The number of rotatable bonds is 4. The van der Waals surface area contributed by atoms with E-state index >= 15 is 0 Å². The number of hydrogen-bond donors (Lipinski definition) is 0. The van der Waals surface area contributed by atoms with Crippen LogP contribution in [0.1, 0.15) is 30.9 Å². The lowest BCUT2D eigenvalue weighted by Gasteiger charge is -2.09. The first kappa shape index (κ1) is 12.4. The van der Waals surface area contributed by atoms with Gasteiger partial charge in [0.15, 0.2) is 0 Å². The zero-order chi connectivity index (χ0) is 12.4. The van der Waals surface area contributed by atoms with E-state index in [1.54, 1.807) is 7.11 Å². The van der Waals surface area contributed by atoms with Crippen molar-refractivity contribution >= 4 is 27.0 Å². The molecule has 17 heavy (non-hydrogen) atoms. The summed E-state index contributed by atoms with van der Waals surface area (Å²) >= 11 is 3.68. The van der Waals surface area contributed by atoms with Crippen LogP contribution in [0, 0.1) is 0 Å². The van der Waals surface area contributed by atoms with Gasteiger partial charge in [-0.05, 0) is 25.5 Å². The molecule has 1 aromatic carbocycles. The lowest BCUT2D eigenvalue weighted by Crippen LogP contribution is -2.03. The molecule has 0 aliphatic heterocycles. The fourth-order valence-electron chi connectivity index (χ4n) is 2.01. The summed E-state index contributed by atoms with van der Waals surface area (Å²) in [6.07, 6.45) is 1.03. The van der Waals surface area contributed by atoms with Gasteiger partial charge in [-0.3, -0.25) is 0 Å². The molecule has 3 nitrogen and oxygen atoms in total. The van der Waals surface area contributed by atoms with Gasteiger partial charge in [0.1, 0.15) is 11.6 Å². The molecule has 0 aliphatic rings. The molecule has 0 saturated heterocycles. The van der Waals surface area contributed by atoms with E-state index in [4.69, 9.17) is 9.72 Å². The standard InChI is InChI=1S/C13H17BrN2O/c1-4-10(14)13-15-11-8-9(17-3)6-7-12(11)16(13)5-2/h6-8,10H,4-5H2,1-3H3. The second-order valence-electron chi connectivity index (χ2n) is 3.94. The highest BCUT2D eigenvalue weighted by Crippen LogP contribution is 2.30. The molecular formula is C13H17BrN2O. The molecule has 1 unspecified atom stereocenters. The lowest BCUT2D eigenvalue weighted by molar-refractivity contribution is 0.415. The highest BCUT2D eigenvalue weighted by Gasteiger charge is 2.15. The van der Waals surface area contributed by atoms with Crippen molar-refractivity contribution in [3.8, 4) is 5.75 Å². The molecule has 1 heterocycles. The Balaban J connectivity index is 2.61. The van der Waals surface area contributed by atoms with Crippen LogP contribution < -0.4 is 4.74 Å². The van der Waals surface area contributed by atoms with E-state index < -0.39 is 0 Å². The average Bonchev–Trinajstić information content (AvgIpc) is 2.74. The van der Waals surface area contributed by atoms with Crippen LogP contribution in [0.3, 0.4) is 0 Å². The number of imidazole rings is 1. The topological polar surface area (TPSA) is 27.1 Å². The normalized spacial score (nSPS) is 12.9. The van der Waals surface area contributed by atoms with E-state index in [2.05, 4.69) is 40.4 Å². The summed E-state index contributed by atoms with van der Waals surface area (Å²) in [5, 5.41) is 0. The fourth-order valence-corrected chi connectivity index (χ4v) is 2.36. The van der Waals surface area contributed by atoms with Crippen molar-refractivity contribution in [1.29, 1.82) is 0 Å². The number of aromatic nitrogens is 2. The summed E-state index contributed by atoms with van der Waals surface area (Å²) in [5.74, 6) is 1.95. The van der Waals surface area contributed by atoms with Gasteiger partial charge in [0.25, 0.3) is 0 Å². The SMILES string of the molecule is CCC(Br)c1nc2cc(OC)ccc2n1CC. The first-order valence-electron chi connectivity index (χ1n) is 5.89. The molecule has 0 aliphatic carbocycles. The molecule has 2 rings (SSSR count). The van der Waals surface area contributed by atoms with E-state index in [1.807, 2.05) is 12.1 Å². The number of alkyl halides is 1. The molecule has 92 valence electrons. The molecule has 4 heteroatoms. The molecule has 0 spiro atoms. The monoisotopic (exact) mass is 296 g/mol. The molecule has 1 aromatic heterocycles. The van der Waals surface area contributed by atoms with Gasteiger partial charge in [0.2, 0.25) is 0 Å². The Morgan fingerprint density at radius 1 is 1.41 bits per heavy atom. The van der Waals surface area contributed by atoms with Crippen molar-refractivity contribution in [3.05, 3.63) is 24.0 Å². The zero-order valence-corrected chi connectivity index (χ0v) is 12.0. The van der Waals surface area contributed by atoms with Crippen LogP contribution in [-0.4, -0.2) is 16.7 Å². The van der Waals surface area contributed by atoms with Gasteiger partial charge in [0, 0.05) is 12.6 Å². The third-order valence-corrected chi connectivity index (χ3v) is 4.00. The summed E-state index contributed by atoms with van der Waals surface area (Å²) in [6.45, 7) is 5.23. The summed E-state index contributed by atoms with van der Waals surface area (Å²) in [5.41, 5.74) is 2.17. The fraction of sp³-hybridized carbons (Fsp3) is 0.462. The van der Waals surface area contributed by atoms with Crippen molar-refractivity contribution in [2.75, 3.05) is 7.11 Å². The summed E-state index contributed by atoms with van der Waals surface area (Å²) in [4.78, 5) is 5.01. The van der Waals surface area contributed by atoms with E-state index in [-0.39, 0.29) is 0 Å². The van der Waals surface area contributed by atoms with Crippen LogP contribution in [0.4, 0.5) is 0 Å². The number of ether oxygens (including phenoxy) is 1. The Kier molecular flexibility index (Phi) is 3.72. The van der Waals surface area contributed by atoms with E-state index in [0.717, 1.165) is 30.1 Å². The van der Waals surface area contributed by atoms with Crippen LogP contribution in [0.5, 0.6) is 5.75 Å². The Bertz CT molecular complexity index is 521. The predicted octanol–water partition coefficient (Wildman–Crippen LogP) is 3.91. The number of hydrogen-bond acceptors (Lipinski definition) is 2. The maximum atomic E-state index is 5.23. The van der Waals surface area contributed by atoms with Gasteiger partial charge in [-0.15, -0.1) is 0 Å². The van der Waals surface area contributed by atoms with E-state index in [1.165, 1.54) is 5.52 Å². The Labute approximate surface area is 110 Å². The van der Waals surface area contributed by atoms with Gasteiger partial charge in [-0.2, -0.15) is 0 Å². The minimum Gasteiger partial charge on any atom is -0.497 e. The molecule has 2 aromatic rings. The quantitative estimate of drug-likeness (QED) is 0.800. The van der Waals surface area contributed by atoms with Gasteiger partial charge in [-0.1, -0.05) is 22.9 Å². The van der Waals surface area contributed by atoms with Crippen molar-refractivity contribution in [2.24, 2.45) is 0 Å². The molecule has 0 saturated carbocycles. The molecule has 0 N–H and O–H groups in total. The van der Waals surface area contributed by atoms with Crippen LogP contribution in [0.15, 0.2) is 18.2 Å². The first-order valence-corrected chi connectivity index (χ1v) is 6.81. The number of methoxy groups -OCH3 is 1. The van der Waals surface area contributed by atoms with Crippen molar-refractivity contribution in [2.45, 2.75) is 31.6 Å². The predicted molar refractivity (Wildman–Crippen MR) is 73.9 cm³/mol. The molecule has 0 fully saturated rings.